The van der Waals surface area contributed by atoms with E-state index in [1.807, 2.05) is 0 Å². The summed E-state index contributed by atoms with van der Waals surface area (Å²) in [6.45, 7) is 5.06. The maximum Gasteiger partial charge on any atom is 0.397 e. The second-order valence-corrected chi connectivity index (χ2v) is 4.85. The molecule has 0 bridgehead atoms. The minimum atomic E-state index is -4.83. The van der Waals surface area contributed by atoms with Gasteiger partial charge in [0.2, 0.25) is 0 Å². The fraction of sp³-hybridized carbons (Fsp3) is 0.778. The van der Waals surface area contributed by atoms with Crippen LogP contribution < -0.4 is 0 Å². The lowest BCUT2D eigenvalue weighted by molar-refractivity contribution is -0.278. The number of aliphatic hydroxyl groups is 2. The summed E-state index contributed by atoms with van der Waals surface area (Å²) < 4.78 is 44.0. The van der Waals surface area contributed by atoms with Crippen LogP contribution in [0.25, 0.3) is 0 Å². The second-order valence-electron chi connectivity index (χ2n) is 3.80. The Labute approximate surface area is 105 Å². The summed E-state index contributed by atoms with van der Waals surface area (Å²) in [6.07, 6.45) is -5.00. The summed E-state index contributed by atoms with van der Waals surface area (Å²) in [7, 11) is -4.83. The molecule has 0 aromatic rings. The van der Waals surface area contributed by atoms with Crippen LogP contribution in [0.3, 0.4) is 0 Å². The smallest absolute Gasteiger partial charge is 0.387 e. The predicted molar refractivity (Wildman–Crippen MR) is 58.9 cm³/mol. The van der Waals surface area contributed by atoms with Crippen molar-refractivity contribution in [2.24, 2.45) is 0 Å². The van der Waals surface area contributed by atoms with Crippen LogP contribution in [0, 0.1) is 0 Å². The van der Waals surface area contributed by atoms with Crippen molar-refractivity contribution in [3.8, 4) is 0 Å². The first-order chi connectivity index (χ1) is 8.26. The molecule has 0 amide bonds. The van der Waals surface area contributed by atoms with Gasteiger partial charge in [-0.1, -0.05) is 6.08 Å². The molecule has 1 fully saturated rings. The van der Waals surface area contributed by atoms with Gasteiger partial charge in [-0.3, -0.25) is 4.55 Å². The molecule has 18 heavy (non-hydrogen) atoms. The maximum atomic E-state index is 10.6. The van der Waals surface area contributed by atoms with Crippen molar-refractivity contribution in [1.82, 2.24) is 0 Å². The van der Waals surface area contributed by atoms with Crippen LogP contribution in [-0.4, -0.2) is 60.5 Å². The third-order valence-corrected chi connectivity index (χ3v) is 2.88. The van der Waals surface area contributed by atoms with Gasteiger partial charge < -0.3 is 19.7 Å². The van der Waals surface area contributed by atoms with Crippen molar-refractivity contribution in [1.29, 1.82) is 0 Å². The van der Waals surface area contributed by atoms with E-state index in [4.69, 9.17) is 14.0 Å². The van der Waals surface area contributed by atoms with E-state index >= 15 is 0 Å². The topological polar surface area (TPSA) is 123 Å². The fourth-order valence-corrected chi connectivity index (χ4v) is 2.16. The molecular weight excluding hydrogens is 268 g/mol. The maximum absolute atomic E-state index is 10.6. The number of ether oxygens (including phenoxy) is 2. The lowest BCUT2D eigenvalue weighted by Crippen LogP contribution is -2.58. The molecule has 0 spiro atoms. The number of hydrogen-bond donors (Lipinski definition) is 3. The van der Waals surface area contributed by atoms with E-state index in [1.165, 1.54) is 13.0 Å². The molecule has 1 heterocycles. The van der Waals surface area contributed by atoms with Crippen LogP contribution in [0.5, 0.6) is 0 Å². The Kier molecular flexibility index (Phi) is 5.22. The van der Waals surface area contributed by atoms with Gasteiger partial charge in [-0.05, 0) is 6.92 Å². The molecule has 1 aliphatic rings. The lowest BCUT2D eigenvalue weighted by atomic mass is 10.00. The van der Waals surface area contributed by atoms with Gasteiger partial charge in [-0.2, -0.15) is 8.42 Å². The zero-order valence-electron chi connectivity index (χ0n) is 9.67. The zero-order chi connectivity index (χ0) is 13.9. The van der Waals surface area contributed by atoms with Crippen molar-refractivity contribution in [2.75, 3.05) is 6.61 Å². The van der Waals surface area contributed by atoms with Crippen LogP contribution in [0.2, 0.25) is 0 Å². The van der Waals surface area contributed by atoms with Gasteiger partial charge in [0.25, 0.3) is 0 Å². The van der Waals surface area contributed by atoms with Gasteiger partial charge in [-0.15, -0.1) is 6.58 Å². The third kappa shape index (κ3) is 3.99. The Morgan fingerprint density at radius 3 is 2.50 bits per heavy atom. The van der Waals surface area contributed by atoms with Crippen LogP contribution in [0.4, 0.5) is 0 Å². The normalized spacial score (nSPS) is 37.4. The Hall–Kier alpha value is -0.550. The molecule has 0 aromatic heterocycles. The van der Waals surface area contributed by atoms with Gasteiger partial charge in [0.15, 0.2) is 12.4 Å². The molecular formula is C9H16O8S. The summed E-state index contributed by atoms with van der Waals surface area (Å²) in [4.78, 5) is 0. The zero-order valence-corrected chi connectivity index (χ0v) is 10.5. The largest absolute Gasteiger partial charge is 0.397 e. The minimum Gasteiger partial charge on any atom is -0.387 e. The molecule has 0 radical (unpaired) electrons. The first-order valence-electron chi connectivity index (χ1n) is 5.16. The molecule has 8 nitrogen and oxygen atoms in total. The third-order valence-electron chi connectivity index (χ3n) is 2.41. The molecule has 9 heteroatoms. The number of rotatable bonds is 5. The molecule has 5 atom stereocenters. The van der Waals surface area contributed by atoms with E-state index < -0.39 is 41.1 Å². The molecule has 3 N–H and O–H groups in total. The highest BCUT2D eigenvalue weighted by atomic mass is 32.3. The fourth-order valence-electron chi connectivity index (χ4n) is 1.67. The van der Waals surface area contributed by atoms with Crippen molar-refractivity contribution in [3.63, 3.8) is 0 Å². The summed E-state index contributed by atoms with van der Waals surface area (Å²) in [5.41, 5.74) is 0. The molecule has 106 valence electrons. The van der Waals surface area contributed by atoms with Gasteiger partial charge in [0.05, 0.1) is 12.7 Å². The highest BCUT2D eigenvalue weighted by Gasteiger charge is 2.46. The standard InChI is InChI=1S/C9H16O8S/c1-3-4-15-7-5(2)16-9(11)8(6(7)10)17-18(12,13)14/h3,5-11H,1,4H2,2H3,(H,12,13,14)/t5-,6+,7-,8+,9+/m0/s1. The van der Waals surface area contributed by atoms with Gasteiger partial charge >= 0.3 is 10.4 Å². The van der Waals surface area contributed by atoms with E-state index in [0.29, 0.717) is 0 Å². The van der Waals surface area contributed by atoms with E-state index in [9.17, 15) is 18.6 Å². The van der Waals surface area contributed by atoms with E-state index in [2.05, 4.69) is 10.8 Å². The van der Waals surface area contributed by atoms with E-state index in [0.717, 1.165) is 0 Å². The molecule has 0 aliphatic carbocycles. The molecule has 0 unspecified atom stereocenters. The minimum absolute atomic E-state index is 0.101. The van der Waals surface area contributed by atoms with Gasteiger partial charge in [0.1, 0.15) is 12.2 Å². The van der Waals surface area contributed by atoms with E-state index in [-0.39, 0.29) is 6.61 Å². The van der Waals surface area contributed by atoms with Crippen molar-refractivity contribution in [3.05, 3.63) is 12.7 Å². The van der Waals surface area contributed by atoms with Crippen molar-refractivity contribution in [2.45, 2.75) is 37.6 Å². The van der Waals surface area contributed by atoms with Gasteiger partial charge in [0, 0.05) is 0 Å². The van der Waals surface area contributed by atoms with Crippen molar-refractivity contribution < 1.29 is 36.8 Å². The molecule has 1 rings (SSSR count). The quantitative estimate of drug-likeness (QED) is 0.427. The SMILES string of the molecule is C=CCO[C@@H]1[C@@H](O)[C@@H](OS(=O)(=O)O)[C@H](O)O[C@H]1C. The van der Waals surface area contributed by atoms with Gasteiger partial charge in [-0.25, -0.2) is 4.18 Å². The first-order valence-corrected chi connectivity index (χ1v) is 6.52. The lowest BCUT2D eigenvalue weighted by Gasteiger charge is -2.40. The molecule has 1 saturated heterocycles. The summed E-state index contributed by atoms with van der Waals surface area (Å²) in [6, 6.07) is 0. The second kappa shape index (κ2) is 6.06. The Morgan fingerprint density at radius 2 is 2.00 bits per heavy atom. The average molecular weight is 284 g/mol. The number of hydrogen-bond acceptors (Lipinski definition) is 7. The highest BCUT2D eigenvalue weighted by molar-refractivity contribution is 7.80. The molecule has 0 saturated carbocycles. The summed E-state index contributed by atoms with van der Waals surface area (Å²) in [5, 5.41) is 19.3. The Bertz CT molecular complexity index is 380. The van der Waals surface area contributed by atoms with Crippen LogP contribution in [0.1, 0.15) is 6.92 Å². The van der Waals surface area contributed by atoms with Crippen LogP contribution >= 0.6 is 0 Å². The number of aliphatic hydroxyl groups excluding tert-OH is 2. The Morgan fingerprint density at radius 1 is 1.39 bits per heavy atom. The summed E-state index contributed by atoms with van der Waals surface area (Å²) >= 11 is 0. The monoisotopic (exact) mass is 284 g/mol. The Balaban J connectivity index is 2.80. The van der Waals surface area contributed by atoms with Crippen LogP contribution in [0.15, 0.2) is 12.7 Å². The highest BCUT2D eigenvalue weighted by Crippen LogP contribution is 2.25. The molecule has 0 aromatic carbocycles. The van der Waals surface area contributed by atoms with Crippen molar-refractivity contribution >= 4 is 10.4 Å². The first kappa shape index (κ1) is 15.5. The average Bonchev–Trinajstić information content (AvgIpc) is 2.23. The summed E-state index contributed by atoms with van der Waals surface area (Å²) in [5.74, 6) is 0. The van der Waals surface area contributed by atoms with Crippen LogP contribution in [-0.2, 0) is 24.1 Å². The predicted octanol–water partition coefficient (Wildman–Crippen LogP) is -1.16. The molecule has 1 aliphatic heterocycles. The van der Waals surface area contributed by atoms with E-state index in [1.54, 1.807) is 0 Å².